The highest BCUT2D eigenvalue weighted by Gasteiger charge is 2.40. The van der Waals surface area contributed by atoms with Crippen molar-refractivity contribution in [3.8, 4) is 0 Å². The van der Waals surface area contributed by atoms with Gasteiger partial charge < -0.3 is 19.7 Å². The second kappa shape index (κ2) is 7.91. The Bertz CT molecular complexity index is 788. The fourth-order valence-electron chi connectivity index (χ4n) is 3.81. The Morgan fingerprint density at radius 1 is 1.19 bits per heavy atom. The van der Waals surface area contributed by atoms with E-state index < -0.39 is 11.5 Å². The van der Waals surface area contributed by atoms with E-state index in [4.69, 9.17) is 4.74 Å². The molecule has 6 heteroatoms. The third-order valence-corrected chi connectivity index (χ3v) is 5.29. The van der Waals surface area contributed by atoms with Gasteiger partial charge in [0.15, 0.2) is 0 Å². The molecule has 0 spiro atoms. The lowest BCUT2D eigenvalue weighted by Gasteiger charge is -2.29. The molecular formula is C20H26N2O4. The Morgan fingerprint density at radius 2 is 1.88 bits per heavy atom. The number of nitrogens with one attached hydrogen (secondary N) is 1. The molecular weight excluding hydrogens is 332 g/mol. The predicted octanol–water partition coefficient (Wildman–Crippen LogP) is 3.20. The first-order chi connectivity index (χ1) is 12.6. The number of ether oxygens (including phenoxy) is 1. The van der Waals surface area contributed by atoms with E-state index >= 15 is 0 Å². The zero-order valence-electron chi connectivity index (χ0n) is 15.2. The Balaban J connectivity index is 1.92. The normalized spacial score (nSPS) is 17.0. The van der Waals surface area contributed by atoms with E-state index in [-0.39, 0.29) is 5.91 Å². The van der Waals surface area contributed by atoms with Gasteiger partial charge >= 0.3 is 5.97 Å². The molecule has 1 amide bonds. The summed E-state index contributed by atoms with van der Waals surface area (Å²) in [5.41, 5.74) is 0.296. The van der Waals surface area contributed by atoms with Crippen LogP contribution in [0, 0.1) is 0 Å². The van der Waals surface area contributed by atoms with E-state index in [9.17, 15) is 14.7 Å². The van der Waals surface area contributed by atoms with Crippen molar-refractivity contribution in [3.63, 3.8) is 0 Å². The van der Waals surface area contributed by atoms with Crippen LogP contribution in [0.25, 0.3) is 10.9 Å². The molecule has 0 radical (unpaired) electrons. The number of carboxylic acids is 1. The minimum Gasteiger partial charge on any atom is -0.480 e. The summed E-state index contributed by atoms with van der Waals surface area (Å²) in [7, 11) is 1.64. The summed E-state index contributed by atoms with van der Waals surface area (Å²) in [6, 6.07) is 7.67. The lowest BCUT2D eigenvalue weighted by molar-refractivity contribution is -0.145. The lowest BCUT2D eigenvalue weighted by atomic mass is 9.90. The van der Waals surface area contributed by atoms with Gasteiger partial charge in [-0.1, -0.05) is 43.9 Å². The van der Waals surface area contributed by atoms with Gasteiger partial charge in [0, 0.05) is 30.8 Å². The number of benzene rings is 1. The van der Waals surface area contributed by atoms with Crippen LogP contribution in [0.1, 0.15) is 48.9 Å². The maximum absolute atomic E-state index is 13.0. The molecule has 1 heterocycles. The number of carbonyl (C=O) groups is 2. The monoisotopic (exact) mass is 358 g/mol. The summed E-state index contributed by atoms with van der Waals surface area (Å²) in [5.74, 6) is -1.25. The molecule has 1 aliphatic carbocycles. The van der Waals surface area contributed by atoms with Crippen LogP contribution in [-0.4, -0.2) is 40.8 Å². The number of amides is 1. The zero-order chi connectivity index (χ0) is 18.6. The van der Waals surface area contributed by atoms with E-state index in [0.717, 1.165) is 36.6 Å². The van der Waals surface area contributed by atoms with Crippen molar-refractivity contribution < 1.29 is 19.4 Å². The van der Waals surface area contributed by atoms with Crippen molar-refractivity contribution in [2.45, 2.75) is 50.6 Å². The Morgan fingerprint density at radius 3 is 2.54 bits per heavy atom. The van der Waals surface area contributed by atoms with E-state index in [1.165, 1.54) is 0 Å². The molecule has 0 unspecified atom stereocenters. The summed E-state index contributed by atoms with van der Waals surface area (Å²) in [4.78, 5) is 25.0. The standard InChI is InChI=1S/C20H26N2O4/c1-26-13-12-22-14-16(15-8-4-5-9-17(15)22)18(23)21-20(19(24)25)10-6-2-3-7-11-20/h4-5,8-9,14H,2-3,6-7,10-13H2,1H3,(H,21,23)(H,24,25). The van der Waals surface area contributed by atoms with Gasteiger partial charge in [0.05, 0.1) is 12.2 Å². The molecule has 1 aromatic heterocycles. The fraction of sp³-hybridized carbons (Fsp3) is 0.500. The number of aromatic nitrogens is 1. The highest BCUT2D eigenvalue weighted by Crippen LogP contribution is 2.29. The van der Waals surface area contributed by atoms with Crippen LogP contribution in [0.2, 0.25) is 0 Å². The number of fused-ring (bicyclic) bond motifs is 1. The minimum atomic E-state index is -1.16. The molecule has 0 aliphatic heterocycles. The molecule has 1 saturated carbocycles. The van der Waals surface area contributed by atoms with Gasteiger partial charge in [0.1, 0.15) is 5.54 Å². The van der Waals surface area contributed by atoms with E-state index in [0.29, 0.717) is 31.6 Å². The summed E-state index contributed by atoms with van der Waals surface area (Å²) in [6.07, 6.45) is 6.44. The molecule has 3 rings (SSSR count). The van der Waals surface area contributed by atoms with Crippen molar-refractivity contribution in [1.29, 1.82) is 0 Å². The van der Waals surface area contributed by atoms with Crippen molar-refractivity contribution in [2.24, 2.45) is 0 Å². The zero-order valence-corrected chi connectivity index (χ0v) is 15.2. The second-order valence-electron chi connectivity index (χ2n) is 7.00. The number of carbonyl (C=O) groups excluding carboxylic acids is 1. The van der Waals surface area contributed by atoms with Gasteiger partial charge in [-0.05, 0) is 18.9 Å². The molecule has 2 aromatic rings. The summed E-state index contributed by atoms with van der Waals surface area (Å²) < 4.78 is 7.13. The molecule has 1 aliphatic rings. The van der Waals surface area contributed by atoms with Crippen LogP contribution in [0.5, 0.6) is 0 Å². The van der Waals surface area contributed by atoms with Gasteiger partial charge in [-0.2, -0.15) is 0 Å². The number of methoxy groups -OCH3 is 1. The van der Waals surface area contributed by atoms with Crippen molar-refractivity contribution in [2.75, 3.05) is 13.7 Å². The third kappa shape index (κ3) is 3.60. The number of hydrogen-bond acceptors (Lipinski definition) is 3. The highest BCUT2D eigenvalue weighted by atomic mass is 16.5. The lowest BCUT2D eigenvalue weighted by Crippen LogP contribution is -2.54. The van der Waals surface area contributed by atoms with Crippen LogP contribution in [0.3, 0.4) is 0 Å². The van der Waals surface area contributed by atoms with Crippen molar-refractivity contribution >= 4 is 22.8 Å². The van der Waals surface area contributed by atoms with Gasteiger partial charge in [-0.25, -0.2) is 4.79 Å². The average molecular weight is 358 g/mol. The fourth-order valence-corrected chi connectivity index (χ4v) is 3.81. The smallest absolute Gasteiger partial charge is 0.329 e. The van der Waals surface area contributed by atoms with E-state index in [1.54, 1.807) is 13.3 Å². The molecule has 26 heavy (non-hydrogen) atoms. The molecule has 140 valence electrons. The number of para-hydroxylation sites is 1. The van der Waals surface area contributed by atoms with Crippen LogP contribution < -0.4 is 5.32 Å². The molecule has 0 saturated heterocycles. The number of nitrogens with zero attached hydrogens (tertiary/aromatic N) is 1. The van der Waals surface area contributed by atoms with Gasteiger partial charge in [-0.15, -0.1) is 0 Å². The Labute approximate surface area is 153 Å². The van der Waals surface area contributed by atoms with Crippen LogP contribution in [0.15, 0.2) is 30.5 Å². The minimum absolute atomic E-state index is 0.318. The maximum Gasteiger partial charge on any atom is 0.329 e. The Kier molecular flexibility index (Phi) is 5.61. The van der Waals surface area contributed by atoms with Crippen LogP contribution in [-0.2, 0) is 16.1 Å². The molecule has 1 aromatic carbocycles. The van der Waals surface area contributed by atoms with Gasteiger partial charge in [0.25, 0.3) is 5.91 Å². The largest absolute Gasteiger partial charge is 0.480 e. The molecule has 2 N–H and O–H groups in total. The Hall–Kier alpha value is -2.34. The molecule has 0 atom stereocenters. The molecule has 6 nitrogen and oxygen atoms in total. The highest BCUT2D eigenvalue weighted by molar-refractivity contribution is 6.08. The van der Waals surface area contributed by atoms with Crippen LogP contribution >= 0.6 is 0 Å². The number of carboxylic acid groups (broad SMARTS) is 1. The predicted molar refractivity (Wildman–Crippen MR) is 99.3 cm³/mol. The number of hydrogen-bond donors (Lipinski definition) is 2. The molecule has 0 bridgehead atoms. The van der Waals surface area contributed by atoms with Gasteiger partial charge in [-0.3, -0.25) is 4.79 Å². The van der Waals surface area contributed by atoms with Crippen LogP contribution in [0.4, 0.5) is 0 Å². The first kappa shape index (κ1) is 18.5. The SMILES string of the molecule is COCCn1cc(C(=O)NC2(C(=O)O)CCCCCC2)c2ccccc21. The van der Waals surface area contributed by atoms with Crippen molar-refractivity contribution in [3.05, 3.63) is 36.0 Å². The summed E-state index contributed by atoms with van der Waals surface area (Å²) in [5, 5.41) is 13.5. The maximum atomic E-state index is 13.0. The number of aliphatic carboxylic acids is 1. The molecule has 1 fully saturated rings. The third-order valence-electron chi connectivity index (χ3n) is 5.29. The average Bonchev–Trinajstić information content (AvgIpc) is 2.83. The summed E-state index contributed by atoms with van der Waals surface area (Å²) in [6.45, 7) is 1.17. The second-order valence-corrected chi connectivity index (χ2v) is 7.00. The van der Waals surface area contributed by atoms with E-state index in [1.807, 2.05) is 28.8 Å². The number of rotatable bonds is 6. The van der Waals surface area contributed by atoms with Gasteiger partial charge in [0.2, 0.25) is 0 Å². The summed E-state index contributed by atoms with van der Waals surface area (Å²) >= 11 is 0. The first-order valence-electron chi connectivity index (χ1n) is 9.20. The van der Waals surface area contributed by atoms with Crippen molar-refractivity contribution in [1.82, 2.24) is 9.88 Å². The topological polar surface area (TPSA) is 80.6 Å². The van der Waals surface area contributed by atoms with E-state index in [2.05, 4.69) is 5.32 Å². The quantitative estimate of drug-likeness (QED) is 0.777. The first-order valence-corrected chi connectivity index (χ1v) is 9.20.